The zero-order valence-corrected chi connectivity index (χ0v) is 15.5. The lowest BCUT2D eigenvalue weighted by Gasteiger charge is -2.07. The molecule has 0 fully saturated rings. The number of aromatic nitrogens is 2. The number of benzene rings is 1. The highest BCUT2D eigenvalue weighted by Gasteiger charge is 2.22. The minimum absolute atomic E-state index is 0.142. The van der Waals surface area contributed by atoms with E-state index in [0.29, 0.717) is 15.7 Å². The van der Waals surface area contributed by atoms with Gasteiger partial charge < -0.3 is 10.1 Å². The van der Waals surface area contributed by atoms with Crippen LogP contribution in [0, 0.1) is 0 Å². The molecule has 26 heavy (non-hydrogen) atoms. The number of anilines is 1. The lowest BCUT2D eigenvalue weighted by Crippen LogP contribution is -2.16. The molecular weight excluding hydrogens is 370 g/mol. The number of ether oxygens (including phenoxy) is 1. The van der Waals surface area contributed by atoms with E-state index in [1.54, 1.807) is 18.5 Å². The first kappa shape index (κ1) is 18.1. The van der Waals surface area contributed by atoms with Gasteiger partial charge >= 0.3 is 5.97 Å². The van der Waals surface area contributed by atoms with E-state index >= 15 is 0 Å². The van der Waals surface area contributed by atoms with Crippen LogP contribution in [0.4, 0.5) is 5.00 Å². The van der Waals surface area contributed by atoms with E-state index in [1.165, 1.54) is 30.2 Å². The highest BCUT2D eigenvalue weighted by atomic mass is 32.2. The number of carbonyl (C=O) groups excluding carboxylic acids is 2. The molecule has 8 heteroatoms. The molecule has 0 unspecified atom stereocenters. The number of esters is 1. The molecule has 0 saturated heterocycles. The lowest BCUT2D eigenvalue weighted by atomic mass is 10.0. The van der Waals surface area contributed by atoms with Crippen LogP contribution in [0.1, 0.15) is 10.4 Å². The van der Waals surface area contributed by atoms with Crippen LogP contribution >= 0.6 is 23.1 Å². The Balaban J connectivity index is 1.78. The van der Waals surface area contributed by atoms with E-state index in [2.05, 4.69) is 15.3 Å². The van der Waals surface area contributed by atoms with E-state index < -0.39 is 5.97 Å². The predicted molar refractivity (Wildman–Crippen MR) is 102 cm³/mol. The number of amides is 1. The summed E-state index contributed by atoms with van der Waals surface area (Å²) < 4.78 is 4.90. The molecule has 3 rings (SSSR count). The number of thioether (sulfide) groups is 1. The van der Waals surface area contributed by atoms with Crippen LogP contribution in [0.3, 0.4) is 0 Å². The normalized spacial score (nSPS) is 10.3. The average Bonchev–Trinajstić information content (AvgIpc) is 3.10. The maximum Gasteiger partial charge on any atom is 0.341 e. The minimum Gasteiger partial charge on any atom is -0.465 e. The number of carbonyl (C=O) groups is 2. The van der Waals surface area contributed by atoms with Gasteiger partial charge in [-0.15, -0.1) is 11.3 Å². The first-order chi connectivity index (χ1) is 12.7. The van der Waals surface area contributed by atoms with Gasteiger partial charge in [-0.2, -0.15) is 0 Å². The molecule has 0 spiro atoms. The number of rotatable bonds is 6. The minimum atomic E-state index is -0.487. The van der Waals surface area contributed by atoms with Crippen molar-refractivity contribution in [3.63, 3.8) is 0 Å². The molecule has 1 N–H and O–H groups in total. The fraction of sp³-hybridized carbons (Fsp3) is 0.111. The zero-order valence-electron chi connectivity index (χ0n) is 13.8. The van der Waals surface area contributed by atoms with Crippen LogP contribution in [-0.4, -0.2) is 34.7 Å². The van der Waals surface area contributed by atoms with Crippen LogP contribution in [0.5, 0.6) is 0 Å². The van der Waals surface area contributed by atoms with Gasteiger partial charge in [-0.1, -0.05) is 42.1 Å². The van der Waals surface area contributed by atoms with E-state index in [-0.39, 0.29) is 11.7 Å². The Morgan fingerprint density at radius 2 is 1.88 bits per heavy atom. The van der Waals surface area contributed by atoms with Crippen LogP contribution in [0.25, 0.3) is 11.1 Å². The third-order valence-corrected chi connectivity index (χ3v) is 5.16. The SMILES string of the molecule is COC(=O)c1c(-c2ccccc2)csc1NC(=O)CSc1ncccn1. The van der Waals surface area contributed by atoms with E-state index in [1.807, 2.05) is 35.7 Å². The second-order valence-corrected chi connectivity index (χ2v) is 6.90. The molecule has 0 aliphatic rings. The molecule has 6 nitrogen and oxygen atoms in total. The number of nitrogens with one attached hydrogen (secondary N) is 1. The molecule has 0 bridgehead atoms. The van der Waals surface area contributed by atoms with Crippen molar-refractivity contribution in [2.45, 2.75) is 5.16 Å². The monoisotopic (exact) mass is 385 g/mol. The van der Waals surface area contributed by atoms with Crippen molar-refractivity contribution in [3.8, 4) is 11.1 Å². The van der Waals surface area contributed by atoms with Crippen LogP contribution < -0.4 is 5.32 Å². The first-order valence-electron chi connectivity index (χ1n) is 7.64. The van der Waals surface area contributed by atoms with Crippen molar-refractivity contribution in [2.24, 2.45) is 0 Å². The third-order valence-electron chi connectivity index (χ3n) is 3.39. The Morgan fingerprint density at radius 1 is 1.15 bits per heavy atom. The van der Waals surface area contributed by atoms with Gasteiger partial charge in [0.2, 0.25) is 5.91 Å². The van der Waals surface area contributed by atoms with Crippen molar-refractivity contribution in [2.75, 3.05) is 18.2 Å². The van der Waals surface area contributed by atoms with Crippen LogP contribution in [-0.2, 0) is 9.53 Å². The summed E-state index contributed by atoms with van der Waals surface area (Å²) in [5.74, 6) is -0.586. The topological polar surface area (TPSA) is 81.2 Å². The van der Waals surface area contributed by atoms with Crippen molar-refractivity contribution < 1.29 is 14.3 Å². The zero-order chi connectivity index (χ0) is 18.4. The second kappa shape index (κ2) is 8.59. The Kier molecular flexibility index (Phi) is 5.98. The Morgan fingerprint density at radius 3 is 2.58 bits per heavy atom. The number of methoxy groups -OCH3 is 1. The molecule has 0 atom stereocenters. The molecule has 1 aromatic carbocycles. The third kappa shape index (κ3) is 4.27. The van der Waals surface area contributed by atoms with Gasteiger partial charge in [0.1, 0.15) is 10.6 Å². The molecule has 0 aliphatic carbocycles. The first-order valence-corrected chi connectivity index (χ1v) is 9.50. The number of thiophene rings is 1. The Labute approximate surface area is 158 Å². The molecule has 132 valence electrons. The molecule has 3 aromatic rings. The predicted octanol–water partition coefficient (Wildman–Crippen LogP) is 3.72. The summed E-state index contributed by atoms with van der Waals surface area (Å²) in [6.07, 6.45) is 3.24. The maximum atomic E-state index is 12.3. The van der Waals surface area contributed by atoms with E-state index in [4.69, 9.17) is 4.74 Å². The summed E-state index contributed by atoms with van der Waals surface area (Å²) in [6, 6.07) is 11.2. The summed E-state index contributed by atoms with van der Waals surface area (Å²) in [5.41, 5.74) is 1.98. The largest absolute Gasteiger partial charge is 0.465 e. The van der Waals surface area contributed by atoms with Gasteiger partial charge in [0.25, 0.3) is 0 Å². The summed E-state index contributed by atoms with van der Waals surface area (Å²) in [4.78, 5) is 32.6. The summed E-state index contributed by atoms with van der Waals surface area (Å²) in [7, 11) is 1.32. The maximum absolute atomic E-state index is 12.3. The quantitative estimate of drug-likeness (QED) is 0.396. The number of hydrogen-bond acceptors (Lipinski definition) is 7. The van der Waals surface area contributed by atoms with Crippen molar-refractivity contribution in [3.05, 3.63) is 59.7 Å². The fourth-order valence-electron chi connectivity index (χ4n) is 2.24. The lowest BCUT2D eigenvalue weighted by molar-refractivity contribution is -0.113. The second-order valence-electron chi connectivity index (χ2n) is 5.08. The van der Waals surface area contributed by atoms with Gasteiger partial charge in [0.15, 0.2) is 5.16 Å². The summed E-state index contributed by atoms with van der Waals surface area (Å²) in [5, 5.41) is 5.61. The van der Waals surface area contributed by atoms with Crippen molar-refractivity contribution in [1.82, 2.24) is 9.97 Å². The smallest absolute Gasteiger partial charge is 0.341 e. The highest BCUT2D eigenvalue weighted by molar-refractivity contribution is 7.99. The molecule has 0 aliphatic heterocycles. The standard InChI is InChI=1S/C18H15N3O3S2/c1-24-17(23)15-13(12-6-3-2-4-7-12)10-25-16(15)21-14(22)11-26-18-19-8-5-9-20-18/h2-10H,11H2,1H3,(H,21,22). The van der Waals surface area contributed by atoms with Gasteiger partial charge in [-0.25, -0.2) is 14.8 Å². The van der Waals surface area contributed by atoms with Crippen LogP contribution in [0.15, 0.2) is 59.3 Å². The van der Waals surface area contributed by atoms with Gasteiger partial charge in [-0.05, 0) is 11.6 Å². The fourth-order valence-corrected chi connectivity index (χ4v) is 3.81. The molecule has 0 radical (unpaired) electrons. The van der Waals surface area contributed by atoms with Crippen LogP contribution in [0.2, 0.25) is 0 Å². The highest BCUT2D eigenvalue weighted by Crippen LogP contribution is 2.36. The van der Waals surface area contributed by atoms with Crippen molar-refractivity contribution in [1.29, 1.82) is 0 Å². The molecule has 2 heterocycles. The number of hydrogen-bond donors (Lipinski definition) is 1. The Bertz CT molecular complexity index is 899. The molecular formula is C18H15N3O3S2. The van der Waals surface area contributed by atoms with Gasteiger partial charge in [0, 0.05) is 23.3 Å². The molecule has 1 amide bonds. The Hall–Kier alpha value is -2.71. The average molecular weight is 385 g/mol. The van der Waals surface area contributed by atoms with E-state index in [9.17, 15) is 9.59 Å². The molecule has 2 aromatic heterocycles. The van der Waals surface area contributed by atoms with Gasteiger partial charge in [0.05, 0.1) is 12.9 Å². The van der Waals surface area contributed by atoms with Crippen molar-refractivity contribution >= 4 is 40.0 Å². The van der Waals surface area contributed by atoms with Gasteiger partial charge in [-0.3, -0.25) is 4.79 Å². The van der Waals surface area contributed by atoms with E-state index in [0.717, 1.165) is 11.1 Å². The molecule has 0 saturated carbocycles. The summed E-state index contributed by atoms with van der Waals surface area (Å²) in [6.45, 7) is 0. The number of nitrogens with zero attached hydrogens (tertiary/aromatic N) is 2. The summed E-state index contributed by atoms with van der Waals surface area (Å²) >= 11 is 2.52.